The Morgan fingerprint density at radius 1 is 1.00 bits per heavy atom. The average molecular weight is 359 g/mol. The minimum Gasteiger partial charge on any atom is -0.348 e. The molecule has 1 unspecified atom stereocenters. The third-order valence-electron chi connectivity index (χ3n) is 5.06. The Kier molecular flexibility index (Phi) is 3.81. The van der Waals surface area contributed by atoms with Crippen molar-refractivity contribution in [3.63, 3.8) is 0 Å². The van der Waals surface area contributed by atoms with Gasteiger partial charge in [0.1, 0.15) is 17.3 Å². The minimum atomic E-state index is -0.199. The van der Waals surface area contributed by atoms with Gasteiger partial charge in [0, 0.05) is 12.7 Å². The lowest BCUT2D eigenvalue weighted by molar-refractivity contribution is 0.617. The van der Waals surface area contributed by atoms with Gasteiger partial charge in [-0.15, -0.1) is 5.10 Å². The maximum Gasteiger partial charge on any atom is 0.154 e. The molecule has 0 aliphatic carbocycles. The molecule has 5 rings (SSSR count). The van der Waals surface area contributed by atoms with Crippen molar-refractivity contribution < 1.29 is 4.39 Å². The lowest BCUT2D eigenvalue weighted by Gasteiger charge is -2.26. The van der Waals surface area contributed by atoms with E-state index in [1.807, 2.05) is 40.9 Å². The van der Waals surface area contributed by atoms with Gasteiger partial charge in [0.05, 0.1) is 17.9 Å². The Hall–Kier alpha value is -3.28. The van der Waals surface area contributed by atoms with Gasteiger partial charge >= 0.3 is 0 Å². The van der Waals surface area contributed by atoms with E-state index in [-0.39, 0.29) is 11.9 Å². The molecular weight excluding hydrogens is 341 g/mol. The highest BCUT2D eigenvalue weighted by molar-refractivity contribution is 5.60. The van der Waals surface area contributed by atoms with Crippen molar-refractivity contribution in [3.05, 3.63) is 78.4 Å². The highest BCUT2D eigenvalue weighted by atomic mass is 19.1. The van der Waals surface area contributed by atoms with Crippen LogP contribution in [-0.2, 0) is 0 Å². The topological polar surface area (TPSA) is 46.3 Å². The quantitative estimate of drug-likeness (QED) is 0.548. The number of benzene rings is 1. The van der Waals surface area contributed by atoms with Gasteiger partial charge in [0.2, 0.25) is 0 Å². The van der Waals surface area contributed by atoms with Gasteiger partial charge in [-0.05, 0) is 54.8 Å². The molecule has 0 N–H and O–H groups in total. The predicted octanol–water partition coefficient (Wildman–Crippen LogP) is 4.27. The fourth-order valence-corrected chi connectivity index (χ4v) is 3.81. The monoisotopic (exact) mass is 359 g/mol. The number of nitrogens with zero attached hydrogens (tertiary/aromatic N) is 5. The molecule has 0 saturated carbocycles. The number of hydrogen-bond acceptors (Lipinski definition) is 4. The fourth-order valence-electron chi connectivity index (χ4n) is 3.81. The van der Waals surface area contributed by atoms with E-state index < -0.39 is 0 Å². The SMILES string of the molecule is Fc1cccc(C2CCCN2c2ccc3ncc(-c4ccccn4)n3n2)c1. The van der Waals surface area contributed by atoms with Gasteiger partial charge in [0.15, 0.2) is 5.65 Å². The molecular formula is C21H18FN5. The molecule has 0 spiro atoms. The first kappa shape index (κ1) is 15.9. The summed E-state index contributed by atoms with van der Waals surface area (Å²) in [6.45, 7) is 0.896. The van der Waals surface area contributed by atoms with E-state index in [2.05, 4.69) is 14.9 Å². The molecule has 4 heterocycles. The zero-order valence-corrected chi connectivity index (χ0v) is 14.7. The first-order valence-corrected chi connectivity index (χ1v) is 9.08. The molecule has 6 heteroatoms. The lowest BCUT2D eigenvalue weighted by atomic mass is 10.0. The summed E-state index contributed by atoms with van der Waals surface area (Å²) in [6, 6.07) is 16.7. The van der Waals surface area contributed by atoms with E-state index >= 15 is 0 Å². The van der Waals surface area contributed by atoms with Crippen LogP contribution >= 0.6 is 0 Å². The van der Waals surface area contributed by atoms with E-state index in [0.29, 0.717) is 0 Å². The Morgan fingerprint density at radius 2 is 1.96 bits per heavy atom. The smallest absolute Gasteiger partial charge is 0.154 e. The number of fused-ring (bicyclic) bond motifs is 1. The molecule has 1 aliphatic heterocycles. The van der Waals surface area contributed by atoms with Gasteiger partial charge < -0.3 is 4.90 Å². The number of rotatable bonds is 3. The molecule has 1 aromatic carbocycles. The molecule has 5 nitrogen and oxygen atoms in total. The van der Waals surface area contributed by atoms with Crippen LogP contribution in [0.3, 0.4) is 0 Å². The summed E-state index contributed by atoms with van der Waals surface area (Å²) >= 11 is 0. The van der Waals surface area contributed by atoms with Crippen LogP contribution in [0.4, 0.5) is 10.2 Å². The third-order valence-corrected chi connectivity index (χ3v) is 5.06. The summed E-state index contributed by atoms with van der Waals surface area (Å²) in [6.07, 6.45) is 5.60. The summed E-state index contributed by atoms with van der Waals surface area (Å²) in [5.74, 6) is 0.666. The Balaban J connectivity index is 1.56. The molecule has 1 fully saturated rings. The lowest BCUT2D eigenvalue weighted by Crippen LogP contribution is -2.24. The minimum absolute atomic E-state index is 0.132. The number of imidazole rings is 1. The molecule has 1 aliphatic rings. The normalized spacial score (nSPS) is 16.9. The van der Waals surface area contributed by atoms with Gasteiger partial charge in [-0.3, -0.25) is 4.98 Å². The van der Waals surface area contributed by atoms with Crippen molar-refractivity contribution in [2.45, 2.75) is 18.9 Å². The molecule has 1 atom stereocenters. The third kappa shape index (κ3) is 2.83. The second-order valence-electron chi connectivity index (χ2n) is 6.73. The Morgan fingerprint density at radius 3 is 2.81 bits per heavy atom. The van der Waals surface area contributed by atoms with E-state index in [4.69, 9.17) is 5.10 Å². The summed E-state index contributed by atoms with van der Waals surface area (Å²) in [5.41, 5.74) is 3.46. The molecule has 27 heavy (non-hydrogen) atoms. The van der Waals surface area contributed by atoms with E-state index in [9.17, 15) is 4.39 Å². The van der Waals surface area contributed by atoms with Crippen LogP contribution in [0.5, 0.6) is 0 Å². The highest BCUT2D eigenvalue weighted by Crippen LogP contribution is 2.35. The molecule has 3 aromatic heterocycles. The van der Waals surface area contributed by atoms with Crippen LogP contribution in [0.25, 0.3) is 17.0 Å². The van der Waals surface area contributed by atoms with Crippen molar-refractivity contribution in [2.24, 2.45) is 0 Å². The van der Waals surface area contributed by atoms with Crippen LogP contribution < -0.4 is 4.90 Å². The Labute approximate surface area is 156 Å². The molecule has 0 amide bonds. The summed E-state index contributed by atoms with van der Waals surface area (Å²) in [4.78, 5) is 11.1. The van der Waals surface area contributed by atoms with Crippen molar-refractivity contribution in [3.8, 4) is 11.4 Å². The molecule has 4 aromatic rings. The van der Waals surface area contributed by atoms with Crippen LogP contribution in [0.1, 0.15) is 24.4 Å². The van der Waals surface area contributed by atoms with Crippen molar-refractivity contribution in [1.29, 1.82) is 0 Å². The maximum absolute atomic E-state index is 13.7. The largest absolute Gasteiger partial charge is 0.348 e. The van der Waals surface area contributed by atoms with Crippen molar-refractivity contribution >= 4 is 11.5 Å². The van der Waals surface area contributed by atoms with E-state index in [0.717, 1.165) is 47.8 Å². The molecule has 0 bridgehead atoms. The number of pyridine rings is 1. The predicted molar refractivity (Wildman–Crippen MR) is 102 cm³/mol. The van der Waals surface area contributed by atoms with Gasteiger partial charge in [0.25, 0.3) is 0 Å². The zero-order valence-electron chi connectivity index (χ0n) is 14.7. The fraction of sp³-hybridized carbons (Fsp3) is 0.190. The van der Waals surface area contributed by atoms with Crippen LogP contribution in [-0.4, -0.2) is 26.1 Å². The molecule has 134 valence electrons. The second kappa shape index (κ2) is 6.46. The Bertz CT molecular complexity index is 1090. The summed E-state index contributed by atoms with van der Waals surface area (Å²) in [5, 5.41) is 4.84. The maximum atomic E-state index is 13.7. The zero-order chi connectivity index (χ0) is 18.2. The second-order valence-corrected chi connectivity index (χ2v) is 6.73. The summed E-state index contributed by atoms with van der Waals surface area (Å²) in [7, 11) is 0. The standard InChI is InChI=1S/C21H18FN5/c22-16-6-3-5-15(13-16)18-8-4-12-26(18)21-10-9-20-24-14-19(27(20)25-21)17-7-1-2-11-23-17/h1-3,5-7,9-11,13-14,18H,4,8,12H2. The number of anilines is 1. The van der Waals surface area contributed by atoms with Crippen LogP contribution in [0.15, 0.2) is 67.0 Å². The summed E-state index contributed by atoms with van der Waals surface area (Å²) < 4.78 is 15.5. The number of aromatic nitrogens is 4. The first-order chi connectivity index (χ1) is 13.3. The molecule has 0 radical (unpaired) electrons. The van der Waals surface area contributed by atoms with Gasteiger partial charge in [-0.2, -0.15) is 0 Å². The van der Waals surface area contributed by atoms with Gasteiger partial charge in [-0.25, -0.2) is 13.9 Å². The molecule has 1 saturated heterocycles. The average Bonchev–Trinajstić information content (AvgIpc) is 3.35. The van der Waals surface area contributed by atoms with Crippen LogP contribution in [0, 0.1) is 5.82 Å². The van der Waals surface area contributed by atoms with E-state index in [1.54, 1.807) is 24.5 Å². The number of hydrogen-bond donors (Lipinski definition) is 0. The van der Waals surface area contributed by atoms with Crippen molar-refractivity contribution in [2.75, 3.05) is 11.4 Å². The number of halogens is 1. The van der Waals surface area contributed by atoms with Gasteiger partial charge in [-0.1, -0.05) is 18.2 Å². The highest BCUT2D eigenvalue weighted by Gasteiger charge is 2.28. The first-order valence-electron chi connectivity index (χ1n) is 9.08. The van der Waals surface area contributed by atoms with Crippen molar-refractivity contribution in [1.82, 2.24) is 19.6 Å². The van der Waals surface area contributed by atoms with Crippen LogP contribution in [0.2, 0.25) is 0 Å². The van der Waals surface area contributed by atoms with E-state index in [1.165, 1.54) is 6.07 Å².